The monoisotopic (exact) mass is 603 g/mol. The van der Waals surface area contributed by atoms with E-state index in [0.29, 0.717) is 17.5 Å². The fourth-order valence-electron chi connectivity index (χ4n) is 5.99. The lowest BCUT2D eigenvalue weighted by atomic mass is 9.98. The standard InChI is InChI=1S/C41H25N5O/c1-3-8-28(9-4-1)39-44-40(29-10-5-2-6-11-29)46-41(45-39)30-17-13-26(14-18-30)31-19-15-27-16-20-32(23-33(27)22-31)35-24-37-34(25-43-35)38-36(47-37)12-7-21-42-38/h1-25H. The second-order valence-electron chi connectivity index (χ2n) is 11.4. The first-order valence-corrected chi connectivity index (χ1v) is 15.4. The van der Waals surface area contributed by atoms with Crippen molar-refractivity contribution in [3.8, 4) is 56.5 Å². The zero-order chi connectivity index (χ0) is 31.2. The van der Waals surface area contributed by atoms with Gasteiger partial charge < -0.3 is 4.42 Å². The molecule has 0 bridgehead atoms. The van der Waals surface area contributed by atoms with Crippen LogP contribution in [0.1, 0.15) is 0 Å². The maximum atomic E-state index is 6.06. The molecule has 5 aromatic carbocycles. The van der Waals surface area contributed by atoms with Gasteiger partial charge >= 0.3 is 0 Å². The lowest BCUT2D eigenvalue weighted by Gasteiger charge is -2.10. The van der Waals surface area contributed by atoms with Gasteiger partial charge in [0.25, 0.3) is 0 Å². The van der Waals surface area contributed by atoms with Crippen LogP contribution in [0.4, 0.5) is 0 Å². The number of hydrogen-bond donors (Lipinski definition) is 0. The predicted molar refractivity (Wildman–Crippen MR) is 187 cm³/mol. The first-order chi connectivity index (χ1) is 23.2. The summed E-state index contributed by atoms with van der Waals surface area (Å²) in [5, 5.41) is 3.21. The third-order valence-corrected chi connectivity index (χ3v) is 8.42. The van der Waals surface area contributed by atoms with E-state index in [4.69, 9.17) is 24.4 Å². The largest absolute Gasteiger partial charge is 0.454 e. The normalized spacial score (nSPS) is 11.4. The summed E-state index contributed by atoms with van der Waals surface area (Å²) in [5.74, 6) is 1.93. The number of hydrogen-bond acceptors (Lipinski definition) is 6. The Morgan fingerprint density at radius 3 is 1.66 bits per heavy atom. The Morgan fingerprint density at radius 2 is 0.979 bits per heavy atom. The van der Waals surface area contributed by atoms with Gasteiger partial charge in [0.15, 0.2) is 23.1 Å². The minimum Gasteiger partial charge on any atom is -0.454 e. The van der Waals surface area contributed by atoms with Crippen LogP contribution in [0.5, 0.6) is 0 Å². The molecule has 6 nitrogen and oxygen atoms in total. The Bertz CT molecular complexity index is 2500. The van der Waals surface area contributed by atoms with Crippen LogP contribution >= 0.6 is 0 Å². The van der Waals surface area contributed by atoms with E-state index in [0.717, 1.165) is 71.9 Å². The van der Waals surface area contributed by atoms with Gasteiger partial charge in [0.2, 0.25) is 0 Å². The zero-order valence-electron chi connectivity index (χ0n) is 25.1. The second-order valence-corrected chi connectivity index (χ2v) is 11.4. The van der Waals surface area contributed by atoms with Crippen molar-refractivity contribution in [3.63, 3.8) is 0 Å². The minimum absolute atomic E-state index is 0.636. The number of rotatable bonds is 5. The van der Waals surface area contributed by atoms with Crippen LogP contribution in [-0.4, -0.2) is 24.9 Å². The lowest BCUT2D eigenvalue weighted by molar-refractivity contribution is 0.668. The van der Waals surface area contributed by atoms with Crippen LogP contribution in [0, 0.1) is 0 Å². The van der Waals surface area contributed by atoms with Gasteiger partial charge in [-0.3, -0.25) is 9.97 Å². The molecule has 0 aliphatic carbocycles. The molecule has 220 valence electrons. The maximum Gasteiger partial charge on any atom is 0.164 e. The first kappa shape index (κ1) is 26.8. The van der Waals surface area contributed by atoms with Crippen molar-refractivity contribution in [2.45, 2.75) is 0 Å². The molecule has 0 saturated heterocycles. The molecule has 0 saturated carbocycles. The van der Waals surface area contributed by atoms with Crippen molar-refractivity contribution in [1.82, 2.24) is 24.9 Å². The predicted octanol–water partition coefficient (Wildman–Crippen LogP) is 10.0. The lowest BCUT2D eigenvalue weighted by Crippen LogP contribution is -2.00. The Labute approximate surface area is 270 Å². The SMILES string of the molecule is c1ccc(-c2nc(-c3ccccc3)nc(-c3ccc(-c4ccc5ccc(-c6cc7oc8cccnc8c7cn6)cc5c4)cc3)n2)cc1. The van der Waals surface area contributed by atoms with E-state index in [-0.39, 0.29) is 0 Å². The van der Waals surface area contributed by atoms with Crippen molar-refractivity contribution in [3.05, 3.63) is 152 Å². The van der Waals surface area contributed by atoms with Crippen molar-refractivity contribution >= 4 is 32.8 Å². The van der Waals surface area contributed by atoms with Crippen LogP contribution in [0.2, 0.25) is 0 Å². The smallest absolute Gasteiger partial charge is 0.164 e. The molecular formula is C41H25N5O. The van der Waals surface area contributed by atoms with Crippen LogP contribution in [-0.2, 0) is 0 Å². The number of furan rings is 1. The van der Waals surface area contributed by atoms with Crippen LogP contribution < -0.4 is 0 Å². The van der Waals surface area contributed by atoms with Gasteiger partial charge in [0, 0.05) is 40.7 Å². The zero-order valence-corrected chi connectivity index (χ0v) is 25.1. The summed E-state index contributed by atoms with van der Waals surface area (Å²) in [4.78, 5) is 23.8. The quantitative estimate of drug-likeness (QED) is 0.195. The molecule has 0 amide bonds. The van der Waals surface area contributed by atoms with Gasteiger partial charge in [0.05, 0.1) is 11.1 Å². The van der Waals surface area contributed by atoms with E-state index in [1.807, 2.05) is 85.1 Å². The van der Waals surface area contributed by atoms with E-state index in [2.05, 4.69) is 65.6 Å². The van der Waals surface area contributed by atoms with Crippen molar-refractivity contribution in [2.75, 3.05) is 0 Å². The first-order valence-electron chi connectivity index (χ1n) is 15.4. The molecule has 4 heterocycles. The highest BCUT2D eigenvalue weighted by Gasteiger charge is 2.13. The average Bonchev–Trinajstić information content (AvgIpc) is 3.53. The highest BCUT2D eigenvalue weighted by atomic mass is 16.3. The van der Waals surface area contributed by atoms with Gasteiger partial charge in [-0.25, -0.2) is 15.0 Å². The minimum atomic E-state index is 0.636. The highest BCUT2D eigenvalue weighted by Crippen LogP contribution is 2.33. The number of pyridine rings is 2. The molecule has 0 aliphatic rings. The van der Waals surface area contributed by atoms with Crippen LogP contribution in [0.3, 0.4) is 0 Å². The Morgan fingerprint density at radius 1 is 0.404 bits per heavy atom. The fourth-order valence-corrected chi connectivity index (χ4v) is 5.99. The third-order valence-electron chi connectivity index (χ3n) is 8.42. The van der Waals surface area contributed by atoms with E-state index in [9.17, 15) is 0 Å². The highest BCUT2D eigenvalue weighted by molar-refractivity contribution is 6.02. The van der Waals surface area contributed by atoms with E-state index >= 15 is 0 Å². The van der Waals surface area contributed by atoms with Crippen molar-refractivity contribution < 1.29 is 4.42 Å². The topological polar surface area (TPSA) is 77.6 Å². The molecule has 9 aromatic rings. The van der Waals surface area contributed by atoms with Gasteiger partial charge in [0.1, 0.15) is 11.1 Å². The fraction of sp³-hybridized carbons (Fsp3) is 0. The number of fused-ring (bicyclic) bond motifs is 4. The third kappa shape index (κ3) is 4.98. The summed E-state index contributed by atoms with van der Waals surface area (Å²) in [7, 11) is 0. The molecular weight excluding hydrogens is 578 g/mol. The van der Waals surface area contributed by atoms with Gasteiger partial charge in [-0.1, -0.05) is 109 Å². The maximum absolute atomic E-state index is 6.06. The molecule has 47 heavy (non-hydrogen) atoms. The average molecular weight is 604 g/mol. The molecule has 9 rings (SSSR count). The van der Waals surface area contributed by atoms with E-state index in [1.165, 1.54) is 0 Å². The molecule has 0 N–H and O–H groups in total. The number of benzene rings is 5. The molecule has 0 spiro atoms. The summed E-state index contributed by atoms with van der Waals surface area (Å²) in [6.07, 6.45) is 3.62. The molecule has 0 atom stereocenters. The van der Waals surface area contributed by atoms with E-state index < -0.39 is 0 Å². The van der Waals surface area contributed by atoms with Crippen LogP contribution in [0.15, 0.2) is 156 Å². The van der Waals surface area contributed by atoms with Crippen molar-refractivity contribution in [1.29, 1.82) is 0 Å². The summed E-state index contributed by atoms with van der Waals surface area (Å²) in [6.45, 7) is 0. The molecule has 0 fully saturated rings. The van der Waals surface area contributed by atoms with Crippen LogP contribution in [0.25, 0.3) is 89.4 Å². The molecule has 4 aromatic heterocycles. The molecule has 0 aliphatic heterocycles. The molecule has 0 unspecified atom stereocenters. The molecule has 6 heteroatoms. The number of aromatic nitrogens is 5. The van der Waals surface area contributed by atoms with Gasteiger partial charge in [-0.2, -0.15) is 0 Å². The van der Waals surface area contributed by atoms with Crippen molar-refractivity contribution in [2.24, 2.45) is 0 Å². The summed E-state index contributed by atoms with van der Waals surface area (Å²) in [5.41, 5.74) is 9.32. The summed E-state index contributed by atoms with van der Waals surface area (Å²) in [6, 6.07) is 47.2. The van der Waals surface area contributed by atoms with Gasteiger partial charge in [-0.05, 0) is 46.2 Å². The second kappa shape index (κ2) is 11.1. The summed E-state index contributed by atoms with van der Waals surface area (Å²) < 4.78 is 6.06. The Kier molecular flexibility index (Phi) is 6.35. The molecule has 0 radical (unpaired) electrons. The Hall–Kier alpha value is -6.53. The number of nitrogens with zero attached hydrogens (tertiary/aromatic N) is 5. The van der Waals surface area contributed by atoms with Gasteiger partial charge in [-0.15, -0.1) is 0 Å². The summed E-state index contributed by atoms with van der Waals surface area (Å²) >= 11 is 0. The Balaban J connectivity index is 1.06. The van der Waals surface area contributed by atoms with E-state index in [1.54, 1.807) is 6.20 Å².